The molecule has 2 bridgehead atoms. The van der Waals surface area contributed by atoms with Crippen molar-refractivity contribution in [1.82, 2.24) is 0 Å². The number of amides is 1. The summed E-state index contributed by atoms with van der Waals surface area (Å²) in [5.41, 5.74) is 0.871. The summed E-state index contributed by atoms with van der Waals surface area (Å²) < 4.78 is 4.67. The molecule has 1 aromatic carbocycles. The predicted molar refractivity (Wildman–Crippen MR) is 88.1 cm³/mol. The van der Waals surface area contributed by atoms with Gasteiger partial charge in [-0.25, -0.2) is 4.79 Å². The molecule has 5 heteroatoms. The van der Waals surface area contributed by atoms with E-state index in [-0.39, 0.29) is 27.5 Å². The fraction of sp³-hybridized carbons (Fsp3) is 0.529. The van der Waals surface area contributed by atoms with Crippen LogP contribution in [0, 0.1) is 16.7 Å². The molecule has 3 aliphatic rings. The molecule has 0 aliphatic heterocycles. The van der Waals surface area contributed by atoms with Gasteiger partial charge in [0.25, 0.3) is 0 Å². The summed E-state index contributed by atoms with van der Waals surface area (Å²) in [7, 11) is 1.35. The first-order chi connectivity index (χ1) is 10.3. The van der Waals surface area contributed by atoms with Crippen LogP contribution in [0.3, 0.4) is 0 Å². The van der Waals surface area contributed by atoms with Gasteiger partial charge in [-0.2, -0.15) is 0 Å². The van der Waals surface area contributed by atoms with Crippen molar-refractivity contribution in [2.24, 2.45) is 16.7 Å². The minimum Gasteiger partial charge on any atom is -0.465 e. The summed E-state index contributed by atoms with van der Waals surface area (Å²) in [4.78, 5) is 24.5. The number of rotatable bonds is 3. The molecule has 0 aromatic heterocycles. The first-order valence-corrected chi connectivity index (χ1v) is 8.40. The van der Waals surface area contributed by atoms with Gasteiger partial charge in [0.1, 0.15) is 0 Å². The maximum atomic E-state index is 12.8. The predicted octanol–water partition coefficient (Wildman–Crippen LogP) is 3.61. The molecular weight excluding hydrogens is 346 g/mol. The number of ether oxygens (including phenoxy) is 1. The van der Waals surface area contributed by atoms with Crippen molar-refractivity contribution >= 4 is 33.5 Å². The first-order valence-electron chi connectivity index (χ1n) is 7.48. The summed E-state index contributed by atoms with van der Waals surface area (Å²) in [5, 5.41) is 3.01. The fourth-order valence-corrected chi connectivity index (χ4v) is 6.18. The molecule has 0 spiro atoms. The van der Waals surface area contributed by atoms with Crippen LogP contribution in [0.4, 0.5) is 5.69 Å². The molecule has 4 nitrogen and oxygen atoms in total. The Labute approximate surface area is 138 Å². The van der Waals surface area contributed by atoms with E-state index in [9.17, 15) is 9.59 Å². The molecule has 118 valence electrons. The van der Waals surface area contributed by atoms with Crippen LogP contribution in [0.25, 0.3) is 0 Å². The van der Waals surface area contributed by atoms with Crippen LogP contribution in [-0.2, 0) is 9.53 Å². The van der Waals surface area contributed by atoms with E-state index in [1.807, 2.05) is 0 Å². The van der Waals surface area contributed by atoms with Gasteiger partial charge in [-0.1, -0.05) is 29.8 Å². The van der Waals surface area contributed by atoms with Gasteiger partial charge in [-0.05, 0) is 48.4 Å². The average molecular weight is 366 g/mol. The number of anilines is 1. The Bertz CT molecular complexity index is 625. The Morgan fingerprint density at radius 2 is 1.91 bits per heavy atom. The highest BCUT2D eigenvalue weighted by Gasteiger charge is 2.73. The molecule has 3 saturated carbocycles. The minimum absolute atomic E-state index is 0.0250. The molecule has 3 fully saturated rings. The van der Waals surface area contributed by atoms with Crippen molar-refractivity contribution in [3.8, 4) is 0 Å². The van der Waals surface area contributed by atoms with Crippen LogP contribution in [-0.4, -0.2) is 23.8 Å². The lowest BCUT2D eigenvalue weighted by Gasteiger charge is -2.57. The van der Waals surface area contributed by atoms with Crippen molar-refractivity contribution in [3.05, 3.63) is 29.8 Å². The van der Waals surface area contributed by atoms with Gasteiger partial charge in [-0.15, -0.1) is 0 Å². The summed E-state index contributed by atoms with van der Waals surface area (Å²) in [5.74, 6) is 0.259. The molecule has 0 saturated heterocycles. The zero-order valence-electron chi connectivity index (χ0n) is 13.0. The molecule has 3 unspecified atom stereocenters. The molecule has 0 radical (unpaired) electrons. The first kappa shape index (κ1) is 15.5. The Hall–Kier alpha value is -1.36. The highest BCUT2D eigenvalue weighted by atomic mass is 79.9. The smallest absolute Gasteiger partial charge is 0.337 e. The van der Waals surface area contributed by atoms with Gasteiger partial charge in [-0.3, -0.25) is 4.79 Å². The highest BCUT2D eigenvalue weighted by molar-refractivity contribution is 9.09. The largest absolute Gasteiger partial charge is 0.465 e. The standard InChI is InChI=1S/C17H20BrNO3/c1-16(2)12-8-9-17(16,13(12)18)15(21)19-11-6-4-10(5-7-11)14(20)22-3/h4-7,12-13H,8-9H2,1-3H3,(H,19,21). The Morgan fingerprint density at radius 3 is 2.36 bits per heavy atom. The summed E-state index contributed by atoms with van der Waals surface area (Å²) in [6.45, 7) is 4.37. The number of hydrogen-bond donors (Lipinski definition) is 1. The molecule has 3 atom stereocenters. The number of benzene rings is 1. The van der Waals surface area contributed by atoms with Crippen LogP contribution in [0.1, 0.15) is 37.0 Å². The number of methoxy groups -OCH3 is 1. The van der Waals surface area contributed by atoms with E-state index < -0.39 is 0 Å². The zero-order chi connectivity index (χ0) is 16.1. The maximum absolute atomic E-state index is 12.8. The van der Waals surface area contributed by atoms with Crippen molar-refractivity contribution in [2.75, 3.05) is 12.4 Å². The van der Waals surface area contributed by atoms with Crippen molar-refractivity contribution in [3.63, 3.8) is 0 Å². The highest BCUT2D eigenvalue weighted by Crippen LogP contribution is 2.73. The van der Waals surface area contributed by atoms with Gasteiger partial charge in [0, 0.05) is 10.5 Å². The monoisotopic (exact) mass is 365 g/mol. The number of carbonyl (C=O) groups is 2. The minimum atomic E-state index is -0.379. The van der Waals surface area contributed by atoms with Crippen LogP contribution < -0.4 is 5.32 Å². The summed E-state index contributed by atoms with van der Waals surface area (Å²) in [6.07, 6.45) is 2.02. The third kappa shape index (κ3) is 1.87. The van der Waals surface area contributed by atoms with E-state index in [1.165, 1.54) is 7.11 Å². The molecule has 1 amide bonds. The Kier molecular flexibility index (Phi) is 3.59. The van der Waals surface area contributed by atoms with Crippen molar-refractivity contribution in [2.45, 2.75) is 31.5 Å². The molecule has 1 aromatic rings. The second-order valence-corrected chi connectivity index (χ2v) is 7.75. The number of fused-ring (bicyclic) bond motifs is 1. The average Bonchev–Trinajstić information content (AvgIpc) is 3.01. The van der Waals surface area contributed by atoms with Crippen LogP contribution in [0.2, 0.25) is 0 Å². The molecule has 1 N–H and O–H groups in total. The second-order valence-electron chi connectivity index (χ2n) is 6.76. The van der Waals surface area contributed by atoms with Crippen LogP contribution >= 0.6 is 15.9 Å². The quantitative estimate of drug-likeness (QED) is 0.657. The fourth-order valence-electron chi connectivity index (χ4n) is 4.23. The lowest BCUT2D eigenvalue weighted by Crippen LogP contribution is -2.63. The summed E-state index contributed by atoms with van der Waals surface area (Å²) >= 11 is 3.72. The van der Waals surface area contributed by atoms with Crippen LogP contribution in [0.15, 0.2) is 24.3 Å². The van der Waals surface area contributed by atoms with E-state index in [0.29, 0.717) is 17.2 Å². The topological polar surface area (TPSA) is 55.4 Å². The lowest BCUT2D eigenvalue weighted by atomic mass is 9.50. The normalized spacial score (nSPS) is 31.3. The lowest BCUT2D eigenvalue weighted by molar-refractivity contribution is -0.142. The second kappa shape index (κ2) is 5.08. The van der Waals surface area contributed by atoms with E-state index in [2.05, 4.69) is 39.8 Å². The number of halogens is 1. The number of nitrogens with one attached hydrogen (secondary N) is 1. The van der Waals surface area contributed by atoms with E-state index in [1.54, 1.807) is 24.3 Å². The third-order valence-corrected chi connectivity index (χ3v) is 7.14. The third-order valence-electron chi connectivity index (χ3n) is 5.72. The number of carbonyl (C=O) groups excluding carboxylic acids is 2. The molecular formula is C17H20BrNO3. The number of alkyl halides is 1. The SMILES string of the molecule is COC(=O)c1ccc(NC(=O)C23CCC(C2Br)C3(C)C)cc1. The Morgan fingerprint density at radius 1 is 1.27 bits per heavy atom. The van der Waals surface area contributed by atoms with Gasteiger partial charge in [0.2, 0.25) is 5.91 Å². The maximum Gasteiger partial charge on any atom is 0.337 e. The van der Waals surface area contributed by atoms with Crippen molar-refractivity contribution in [1.29, 1.82) is 0 Å². The van der Waals surface area contributed by atoms with Gasteiger partial charge in [0.15, 0.2) is 0 Å². The van der Waals surface area contributed by atoms with Crippen LogP contribution in [0.5, 0.6) is 0 Å². The van der Waals surface area contributed by atoms with Gasteiger partial charge < -0.3 is 10.1 Å². The molecule has 0 heterocycles. The molecule has 3 aliphatic carbocycles. The van der Waals surface area contributed by atoms with Gasteiger partial charge in [0.05, 0.1) is 18.1 Å². The van der Waals surface area contributed by atoms with Gasteiger partial charge >= 0.3 is 5.97 Å². The van der Waals surface area contributed by atoms with E-state index in [4.69, 9.17) is 0 Å². The van der Waals surface area contributed by atoms with E-state index in [0.717, 1.165) is 12.8 Å². The Balaban J connectivity index is 1.77. The summed E-state index contributed by atoms with van der Waals surface area (Å²) in [6, 6.07) is 6.80. The van der Waals surface area contributed by atoms with Crippen molar-refractivity contribution < 1.29 is 14.3 Å². The number of hydrogen-bond acceptors (Lipinski definition) is 3. The molecule has 4 rings (SSSR count). The molecule has 22 heavy (non-hydrogen) atoms. The number of esters is 1. The van der Waals surface area contributed by atoms with E-state index >= 15 is 0 Å². The zero-order valence-corrected chi connectivity index (χ0v) is 14.6.